The van der Waals surface area contributed by atoms with Crippen LogP contribution in [0.25, 0.3) is 0 Å². The van der Waals surface area contributed by atoms with Crippen LogP contribution in [0.15, 0.2) is 23.5 Å². The van der Waals surface area contributed by atoms with Crippen LogP contribution in [0, 0.1) is 0 Å². The van der Waals surface area contributed by atoms with Crippen LogP contribution in [0.4, 0.5) is 0 Å². The summed E-state index contributed by atoms with van der Waals surface area (Å²) in [7, 11) is 1.51. The highest BCUT2D eigenvalue weighted by Crippen LogP contribution is 1.88. The molecule has 1 aromatic heterocycles. The Labute approximate surface area is 53.3 Å². The van der Waals surface area contributed by atoms with E-state index in [9.17, 15) is 0 Å². The Bertz CT molecular complexity index is 179. The first-order chi connectivity index (χ1) is 4.43. The van der Waals surface area contributed by atoms with Gasteiger partial charge in [0.1, 0.15) is 7.11 Å². The van der Waals surface area contributed by atoms with Crippen molar-refractivity contribution in [3.05, 3.63) is 24.0 Å². The Morgan fingerprint density at radius 1 is 1.78 bits per heavy atom. The lowest BCUT2D eigenvalue weighted by Gasteiger charge is -1.82. The largest absolute Gasteiger partial charge is 0.399 e. The molecule has 0 spiro atoms. The number of aromatic nitrogens is 1. The molecule has 48 valence electrons. The van der Waals surface area contributed by atoms with Gasteiger partial charge >= 0.3 is 0 Å². The fourth-order valence-corrected chi connectivity index (χ4v) is 0.534. The molecule has 0 aromatic carbocycles. The zero-order valence-corrected chi connectivity index (χ0v) is 5.16. The predicted octanol–water partition coefficient (Wildman–Crippen LogP) is 0.995. The molecule has 0 aliphatic heterocycles. The second-order valence-electron chi connectivity index (χ2n) is 1.54. The number of H-pyrrole nitrogens is 1. The van der Waals surface area contributed by atoms with E-state index in [1.165, 1.54) is 7.11 Å². The average molecular weight is 124 g/mol. The molecule has 0 atom stereocenters. The lowest BCUT2D eigenvalue weighted by molar-refractivity contribution is 0.215. The lowest BCUT2D eigenvalue weighted by atomic mass is 10.5. The lowest BCUT2D eigenvalue weighted by Crippen LogP contribution is -1.78. The van der Waals surface area contributed by atoms with Gasteiger partial charge in [0.25, 0.3) is 0 Å². The molecule has 1 heterocycles. The predicted molar refractivity (Wildman–Crippen MR) is 35.4 cm³/mol. The zero-order chi connectivity index (χ0) is 6.53. The molecule has 0 aliphatic rings. The fourth-order valence-electron chi connectivity index (χ4n) is 0.534. The highest BCUT2D eigenvalue weighted by atomic mass is 16.6. The van der Waals surface area contributed by atoms with Crippen LogP contribution in [0.3, 0.4) is 0 Å². The number of hydrogen-bond acceptors (Lipinski definition) is 2. The first-order valence-corrected chi connectivity index (χ1v) is 2.63. The molecule has 0 aliphatic carbocycles. The minimum atomic E-state index is 0.942. The van der Waals surface area contributed by atoms with Crippen molar-refractivity contribution >= 4 is 6.21 Å². The molecule has 0 radical (unpaired) electrons. The van der Waals surface area contributed by atoms with Crippen molar-refractivity contribution in [2.75, 3.05) is 7.11 Å². The van der Waals surface area contributed by atoms with Crippen molar-refractivity contribution in [2.45, 2.75) is 0 Å². The van der Waals surface area contributed by atoms with Gasteiger partial charge in [0.15, 0.2) is 0 Å². The van der Waals surface area contributed by atoms with Gasteiger partial charge in [0.2, 0.25) is 0 Å². The van der Waals surface area contributed by atoms with Gasteiger partial charge in [-0.3, -0.25) is 0 Å². The van der Waals surface area contributed by atoms with Crippen molar-refractivity contribution in [1.82, 2.24) is 4.98 Å². The standard InChI is InChI=1S/C6H8N2O/c1-9-8-5-6-3-2-4-7-6/h2-5,7H,1H3/b8-5+. The van der Waals surface area contributed by atoms with Crippen molar-refractivity contribution < 1.29 is 4.84 Å². The van der Waals surface area contributed by atoms with Gasteiger partial charge in [-0.15, -0.1) is 0 Å². The van der Waals surface area contributed by atoms with E-state index in [4.69, 9.17) is 0 Å². The summed E-state index contributed by atoms with van der Waals surface area (Å²) in [5, 5.41) is 3.56. The second-order valence-corrected chi connectivity index (χ2v) is 1.54. The summed E-state index contributed by atoms with van der Waals surface area (Å²) in [6, 6.07) is 3.81. The summed E-state index contributed by atoms with van der Waals surface area (Å²) in [5.41, 5.74) is 0.942. The summed E-state index contributed by atoms with van der Waals surface area (Å²) in [4.78, 5) is 7.41. The maximum atomic E-state index is 4.46. The quantitative estimate of drug-likeness (QED) is 0.463. The number of nitrogens with zero attached hydrogens (tertiary/aromatic N) is 1. The van der Waals surface area contributed by atoms with Crippen LogP contribution in [0.2, 0.25) is 0 Å². The van der Waals surface area contributed by atoms with Crippen molar-refractivity contribution in [2.24, 2.45) is 5.16 Å². The Morgan fingerprint density at radius 3 is 3.22 bits per heavy atom. The maximum Gasteiger partial charge on any atom is 0.106 e. The van der Waals surface area contributed by atoms with E-state index in [0.717, 1.165) is 5.69 Å². The highest BCUT2D eigenvalue weighted by molar-refractivity contribution is 5.76. The Morgan fingerprint density at radius 2 is 2.67 bits per heavy atom. The molecule has 3 nitrogen and oxygen atoms in total. The summed E-state index contributed by atoms with van der Waals surface area (Å²) in [5.74, 6) is 0. The third kappa shape index (κ3) is 1.60. The van der Waals surface area contributed by atoms with Crippen molar-refractivity contribution in [3.8, 4) is 0 Å². The molecule has 9 heavy (non-hydrogen) atoms. The highest BCUT2D eigenvalue weighted by Gasteiger charge is 1.81. The molecule has 0 unspecified atom stereocenters. The normalized spacial score (nSPS) is 10.3. The van der Waals surface area contributed by atoms with Crippen LogP contribution >= 0.6 is 0 Å². The minimum Gasteiger partial charge on any atom is -0.399 e. The van der Waals surface area contributed by atoms with Crippen LogP contribution in [-0.2, 0) is 4.84 Å². The van der Waals surface area contributed by atoms with E-state index < -0.39 is 0 Å². The smallest absolute Gasteiger partial charge is 0.106 e. The number of aromatic amines is 1. The molecule has 1 rings (SSSR count). The molecule has 0 fully saturated rings. The van der Waals surface area contributed by atoms with E-state index in [0.29, 0.717) is 0 Å². The molecule has 1 aromatic rings. The van der Waals surface area contributed by atoms with Crippen LogP contribution in [-0.4, -0.2) is 18.3 Å². The topological polar surface area (TPSA) is 37.4 Å². The van der Waals surface area contributed by atoms with E-state index in [2.05, 4.69) is 15.0 Å². The molecule has 0 saturated heterocycles. The summed E-state index contributed by atoms with van der Waals surface area (Å²) < 4.78 is 0. The van der Waals surface area contributed by atoms with Gasteiger partial charge in [-0.25, -0.2) is 0 Å². The zero-order valence-electron chi connectivity index (χ0n) is 5.16. The Balaban J connectivity index is 2.57. The molecule has 0 bridgehead atoms. The van der Waals surface area contributed by atoms with Gasteiger partial charge in [-0.05, 0) is 12.1 Å². The molecule has 0 amide bonds. The summed E-state index contributed by atoms with van der Waals surface area (Å²) in [6.45, 7) is 0. The molecular formula is C6H8N2O. The SMILES string of the molecule is CO/N=C/c1ccc[nH]1. The Kier molecular flexibility index (Phi) is 1.90. The average Bonchev–Trinajstić information content (AvgIpc) is 2.34. The number of hydrogen-bond donors (Lipinski definition) is 1. The van der Waals surface area contributed by atoms with Crippen LogP contribution in [0.5, 0.6) is 0 Å². The summed E-state index contributed by atoms with van der Waals surface area (Å²) in [6.07, 6.45) is 3.44. The van der Waals surface area contributed by atoms with Crippen molar-refractivity contribution in [1.29, 1.82) is 0 Å². The third-order valence-electron chi connectivity index (χ3n) is 0.919. The van der Waals surface area contributed by atoms with Gasteiger partial charge < -0.3 is 9.82 Å². The third-order valence-corrected chi connectivity index (χ3v) is 0.919. The Hall–Kier alpha value is -1.25. The van der Waals surface area contributed by atoms with Crippen LogP contribution in [0.1, 0.15) is 5.69 Å². The summed E-state index contributed by atoms with van der Waals surface area (Å²) >= 11 is 0. The van der Waals surface area contributed by atoms with Gasteiger partial charge in [-0.1, -0.05) is 5.16 Å². The second kappa shape index (κ2) is 2.91. The monoisotopic (exact) mass is 124 g/mol. The van der Waals surface area contributed by atoms with Gasteiger partial charge in [0, 0.05) is 6.20 Å². The fraction of sp³-hybridized carbons (Fsp3) is 0.167. The first kappa shape index (κ1) is 5.88. The minimum absolute atomic E-state index is 0.942. The molecule has 3 heteroatoms. The first-order valence-electron chi connectivity index (χ1n) is 2.63. The number of rotatable bonds is 2. The van der Waals surface area contributed by atoms with E-state index in [-0.39, 0.29) is 0 Å². The van der Waals surface area contributed by atoms with Gasteiger partial charge in [-0.2, -0.15) is 0 Å². The molecule has 0 saturated carbocycles. The van der Waals surface area contributed by atoms with Gasteiger partial charge in [0.05, 0.1) is 11.9 Å². The molecular weight excluding hydrogens is 116 g/mol. The van der Waals surface area contributed by atoms with Crippen LogP contribution < -0.4 is 0 Å². The number of oxime groups is 1. The van der Waals surface area contributed by atoms with E-state index in [1.54, 1.807) is 6.21 Å². The van der Waals surface area contributed by atoms with E-state index >= 15 is 0 Å². The molecule has 1 N–H and O–H groups in total. The van der Waals surface area contributed by atoms with E-state index in [1.807, 2.05) is 18.3 Å². The maximum absolute atomic E-state index is 4.46. The van der Waals surface area contributed by atoms with Crippen molar-refractivity contribution in [3.63, 3.8) is 0 Å². The number of nitrogens with one attached hydrogen (secondary N) is 1.